The van der Waals surface area contributed by atoms with Gasteiger partial charge in [0.25, 0.3) is 0 Å². The van der Waals surface area contributed by atoms with Gasteiger partial charge in [0.1, 0.15) is 0 Å². The Balaban J connectivity index is 2.32. The first-order valence-corrected chi connectivity index (χ1v) is 5.77. The molecule has 2 rings (SSSR count). The van der Waals surface area contributed by atoms with E-state index in [1.165, 1.54) is 44.9 Å². The second kappa shape index (κ2) is 2.87. The summed E-state index contributed by atoms with van der Waals surface area (Å²) in [6.07, 6.45) is 9.79. The van der Waals surface area contributed by atoms with E-state index < -0.39 is 0 Å². The lowest BCUT2D eigenvalue weighted by Crippen LogP contribution is -2.44. The van der Waals surface area contributed by atoms with Gasteiger partial charge in [-0.05, 0) is 42.9 Å². The molecular weight excluding hydrogens is 156 g/mol. The van der Waals surface area contributed by atoms with Gasteiger partial charge in [-0.25, -0.2) is 0 Å². The standard InChI is InChI=1S/C13H22/c1-11-7-6-9-12(2)8-4-5-10-13(11,12)3/h1,4-10H2,2-3H3. The average Bonchev–Trinajstić information content (AvgIpc) is 2.09. The minimum Gasteiger partial charge on any atom is -0.0993 e. The second-order valence-electron chi connectivity index (χ2n) is 5.56. The molecule has 0 heterocycles. The van der Waals surface area contributed by atoms with Crippen LogP contribution in [0.5, 0.6) is 0 Å². The summed E-state index contributed by atoms with van der Waals surface area (Å²) in [6, 6.07) is 0. The van der Waals surface area contributed by atoms with Crippen LogP contribution in [0.2, 0.25) is 0 Å². The molecule has 0 nitrogen and oxygen atoms in total. The Labute approximate surface area is 82.4 Å². The zero-order valence-electron chi connectivity index (χ0n) is 9.16. The van der Waals surface area contributed by atoms with Crippen molar-refractivity contribution in [1.82, 2.24) is 0 Å². The molecule has 0 N–H and O–H groups in total. The van der Waals surface area contributed by atoms with Crippen molar-refractivity contribution >= 4 is 0 Å². The van der Waals surface area contributed by atoms with E-state index in [4.69, 9.17) is 0 Å². The Hall–Kier alpha value is -0.260. The van der Waals surface area contributed by atoms with E-state index in [2.05, 4.69) is 20.4 Å². The van der Waals surface area contributed by atoms with Crippen LogP contribution in [0.15, 0.2) is 12.2 Å². The van der Waals surface area contributed by atoms with Crippen molar-refractivity contribution in [2.75, 3.05) is 0 Å². The van der Waals surface area contributed by atoms with Gasteiger partial charge in [-0.1, -0.05) is 38.8 Å². The van der Waals surface area contributed by atoms with E-state index in [1.807, 2.05) is 0 Å². The first kappa shape index (κ1) is 9.30. The summed E-state index contributed by atoms with van der Waals surface area (Å²) in [6.45, 7) is 9.28. The molecule has 0 spiro atoms. The lowest BCUT2D eigenvalue weighted by atomic mass is 9.50. The third-order valence-corrected chi connectivity index (χ3v) is 4.97. The van der Waals surface area contributed by atoms with E-state index in [-0.39, 0.29) is 0 Å². The molecule has 2 saturated carbocycles. The van der Waals surface area contributed by atoms with Crippen LogP contribution in [0, 0.1) is 10.8 Å². The van der Waals surface area contributed by atoms with Crippen LogP contribution in [0.1, 0.15) is 58.8 Å². The molecule has 2 aliphatic rings. The van der Waals surface area contributed by atoms with Crippen LogP contribution in [-0.2, 0) is 0 Å². The van der Waals surface area contributed by atoms with Crippen LogP contribution < -0.4 is 0 Å². The maximum Gasteiger partial charge on any atom is -0.00653 e. The number of fused-ring (bicyclic) bond motifs is 1. The molecule has 2 unspecified atom stereocenters. The van der Waals surface area contributed by atoms with Gasteiger partial charge in [-0.2, -0.15) is 0 Å². The number of allylic oxidation sites excluding steroid dienone is 1. The summed E-state index contributed by atoms with van der Waals surface area (Å²) >= 11 is 0. The van der Waals surface area contributed by atoms with E-state index in [0.717, 1.165) is 0 Å². The van der Waals surface area contributed by atoms with Crippen molar-refractivity contribution in [3.8, 4) is 0 Å². The fourth-order valence-corrected chi connectivity index (χ4v) is 3.54. The molecule has 0 amide bonds. The molecule has 0 aromatic heterocycles. The largest absolute Gasteiger partial charge is 0.0993 e. The van der Waals surface area contributed by atoms with Crippen molar-refractivity contribution < 1.29 is 0 Å². The minimum absolute atomic E-state index is 0.476. The Morgan fingerprint density at radius 1 is 1.00 bits per heavy atom. The topological polar surface area (TPSA) is 0 Å². The predicted molar refractivity (Wildman–Crippen MR) is 57.7 cm³/mol. The molecule has 0 aromatic rings. The summed E-state index contributed by atoms with van der Waals surface area (Å²) in [4.78, 5) is 0. The molecule has 0 heteroatoms. The number of rotatable bonds is 0. The van der Waals surface area contributed by atoms with E-state index in [1.54, 1.807) is 5.57 Å². The first-order valence-electron chi connectivity index (χ1n) is 5.77. The van der Waals surface area contributed by atoms with Gasteiger partial charge in [-0.15, -0.1) is 0 Å². The van der Waals surface area contributed by atoms with Crippen LogP contribution in [0.25, 0.3) is 0 Å². The zero-order valence-corrected chi connectivity index (χ0v) is 9.16. The van der Waals surface area contributed by atoms with Gasteiger partial charge >= 0.3 is 0 Å². The Morgan fingerprint density at radius 3 is 2.31 bits per heavy atom. The molecule has 0 aliphatic heterocycles. The molecule has 2 atom stereocenters. The highest BCUT2D eigenvalue weighted by atomic mass is 14.5. The fraction of sp³-hybridized carbons (Fsp3) is 0.846. The maximum atomic E-state index is 4.32. The van der Waals surface area contributed by atoms with Crippen molar-refractivity contribution in [2.45, 2.75) is 58.8 Å². The Kier molecular flexibility index (Phi) is 2.05. The van der Waals surface area contributed by atoms with Crippen molar-refractivity contribution in [3.63, 3.8) is 0 Å². The van der Waals surface area contributed by atoms with Gasteiger partial charge < -0.3 is 0 Å². The highest BCUT2D eigenvalue weighted by molar-refractivity contribution is 5.19. The highest BCUT2D eigenvalue weighted by Crippen LogP contribution is 2.60. The van der Waals surface area contributed by atoms with Crippen molar-refractivity contribution in [3.05, 3.63) is 12.2 Å². The normalized spacial score (nSPS) is 45.8. The molecule has 13 heavy (non-hydrogen) atoms. The SMILES string of the molecule is C=C1CCCC2(C)CCCCC12C. The lowest BCUT2D eigenvalue weighted by molar-refractivity contribution is 0.0184. The fourth-order valence-electron chi connectivity index (χ4n) is 3.54. The molecular formula is C13H22. The second-order valence-corrected chi connectivity index (χ2v) is 5.56. The monoisotopic (exact) mass is 178 g/mol. The molecule has 74 valence electrons. The quantitative estimate of drug-likeness (QED) is 0.485. The van der Waals surface area contributed by atoms with Crippen molar-refractivity contribution in [2.24, 2.45) is 10.8 Å². The van der Waals surface area contributed by atoms with Crippen LogP contribution in [0.4, 0.5) is 0 Å². The zero-order chi connectivity index (χ0) is 9.53. The summed E-state index contributed by atoms with van der Waals surface area (Å²) in [7, 11) is 0. The third-order valence-electron chi connectivity index (χ3n) is 4.97. The van der Waals surface area contributed by atoms with Gasteiger partial charge in [0.05, 0.1) is 0 Å². The Morgan fingerprint density at radius 2 is 1.62 bits per heavy atom. The average molecular weight is 178 g/mol. The molecule has 0 radical (unpaired) electrons. The first-order chi connectivity index (χ1) is 6.08. The summed E-state index contributed by atoms with van der Waals surface area (Å²) in [5.74, 6) is 0. The minimum atomic E-state index is 0.476. The maximum absolute atomic E-state index is 4.32. The number of hydrogen-bond donors (Lipinski definition) is 0. The van der Waals surface area contributed by atoms with E-state index >= 15 is 0 Å². The predicted octanol–water partition coefficient (Wildman–Crippen LogP) is 4.31. The Bertz CT molecular complexity index is 224. The van der Waals surface area contributed by atoms with Crippen LogP contribution in [0.3, 0.4) is 0 Å². The molecule has 2 aliphatic carbocycles. The van der Waals surface area contributed by atoms with Gasteiger partial charge in [0.2, 0.25) is 0 Å². The van der Waals surface area contributed by atoms with Gasteiger partial charge in [0, 0.05) is 0 Å². The van der Waals surface area contributed by atoms with Crippen LogP contribution >= 0.6 is 0 Å². The van der Waals surface area contributed by atoms with E-state index in [0.29, 0.717) is 10.8 Å². The van der Waals surface area contributed by atoms with Gasteiger partial charge in [-0.3, -0.25) is 0 Å². The summed E-state index contributed by atoms with van der Waals surface area (Å²) < 4.78 is 0. The van der Waals surface area contributed by atoms with Crippen molar-refractivity contribution in [1.29, 1.82) is 0 Å². The molecule has 0 aromatic carbocycles. The highest BCUT2D eigenvalue weighted by Gasteiger charge is 2.48. The summed E-state index contributed by atoms with van der Waals surface area (Å²) in [5.41, 5.74) is 2.60. The third kappa shape index (κ3) is 1.18. The molecule has 0 bridgehead atoms. The van der Waals surface area contributed by atoms with Crippen LogP contribution in [-0.4, -0.2) is 0 Å². The van der Waals surface area contributed by atoms with Gasteiger partial charge in [0.15, 0.2) is 0 Å². The lowest BCUT2D eigenvalue weighted by Gasteiger charge is -2.54. The molecule has 0 saturated heterocycles. The van der Waals surface area contributed by atoms with E-state index in [9.17, 15) is 0 Å². The smallest absolute Gasteiger partial charge is 0.00653 e. The number of hydrogen-bond acceptors (Lipinski definition) is 0. The summed E-state index contributed by atoms with van der Waals surface area (Å²) in [5, 5.41) is 0. The molecule has 2 fully saturated rings.